The van der Waals surface area contributed by atoms with Crippen LogP contribution in [0.5, 0.6) is 0 Å². The van der Waals surface area contributed by atoms with Gasteiger partial charge in [0.25, 0.3) is 0 Å². The Kier molecular flexibility index (Phi) is 29.2. The molecule has 1 rings (SSSR count). The average molecular weight is 747 g/mol. The van der Waals surface area contributed by atoms with E-state index in [1.807, 2.05) is 0 Å². The number of unbranched alkanes of at least 4 members (excludes halogenated alkanes) is 20. The molecule has 0 aliphatic carbocycles. The summed E-state index contributed by atoms with van der Waals surface area (Å²) in [5.74, 6) is -1.81. The number of hydrogen-bond donors (Lipinski definition) is 4. The number of esters is 3. The Morgan fingerprint density at radius 1 is 0.615 bits per heavy atom. The third-order valence-electron chi connectivity index (χ3n) is 9.64. The van der Waals surface area contributed by atoms with Gasteiger partial charge in [0, 0.05) is 19.8 Å². The fraction of sp³-hybridized carbons (Fsp3) is 0.925. The van der Waals surface area contributed by atoms with Crippen molar-refractivity contribution in [2.75, 3.05) is 19.8 Å². The van der Waals surface area contributed by atoms with Gasteiger partial charge in [-0.05, 0) is 12.8 Å². The summed E-state index contributed by atoms with van der Waals surface area (Å²) in [4.78, 5) is 37.7. The number of aliphatic hydroxyl groups excluding tert-OH is 4. The average Bonchev–Trinajstić information content (AvgIpc) is 3.12. The minimum atomic E-state index is -1.53. The Morgan fingerprint density at radius 3 is 1.42 bits per heavy atom. The maximum atomic E-state index is 13.1. The first-order valence-electron chi connectivity index (χ1n) is 20.6. The normalized spacial score (nSPS) is 21.4. The van der Waals surface area contributed by atoms with Gasteiger partial charge in [-0.2, -0.15) is 0 Å². The van der Waals surface area contributed by atoms with E-state index in [1.165, 1.54) is 96.8 Å². The molecular formula is C40H74O12. The van der Waals surface area contributed by atoms with Crippen molar-refractivity contribution in [3.8, 4) is 0 Å². The van der Waals surface area contributed by atoms with Crippen LogP contribution >= 0.6 is 0 Å². The molecular weight excluding hydrogens is 672 g/mol. The number of aliphatic hydroxyl groups is 4. The highest BCUT2D eigenvalue weighted by atomic mass is 16.7. The van der Waals surface area contributed by atoms with E-state index in [0.29, 0.717) is 12.8 Å². The molecule has 0 amide bonds. The molecule has 0 unspecified atom stereocenters. The van der Waals surface area contributed by atoms with E-state index in [2.05, 4.69) is 13.8 Å². The zero-order valence-electron chi connectivity index (χ0n) is 32.7. The van der Waals surface area contributed by atoms with Gasteiger partial charge < -0.3 is 44.1 Å². The van der Waals surface area contributed by atoms with E-state index < -0.39 is 80.6 Å². The van der Waals surface area contributed by atoms with Crippen LogP contribution in [0.15, 0.2) is 0 Å². The molecule has 7 atom stereocenters. The SMILES string of the molecule is CCCCCCCCCCCCCC(=O)O[C@@H]1[C@H](OC[C@@H](O)[C@@H](O)CO)O[C@H](COC(C)=O)[C@@H](O)[C@@H]1OC(=O)CCCCCCCCCCCCC. The summed E-state index contributed by atoms with van der Waals surface area (Å²) in [6, 6.07) is 0. The van der Waals surface area contributed by atoms with E-state index in [0.717, 1.165) is 38.5 Å². The summed E-state index contributed by atoms with van der Waals surface area (Å²) in [6.07, 6.45) is 14.8. The fourth-order valence-corrected chi connectivity index (χ4v) is 6.34. The largest absolute Gasteiger partial charge is 0.463 e. The second kappa shape index (κ2) is 31.5. The third-order valence-corrected chi connectivity index (χ3v) is 9.64. The molecule has 12 nitrogen and oxygen atoms in total. The number of carbonyl (C=O) groups is 3. The summed E-state index contributed by atoms with van der Waals surface area (Å²) in [5, 5.41) is 40.6. The summed E-state index contributed by atoms with van der Waals surface area (Å²) in [5.41, 5.74) is 0. The van der Waals surface area contributed by atoms with Crippen molar-refractivity contribution in [3.05, 3.63) is 0 Å². The van der Waals surface area contributed by atoms with Crippen LogP contribution in [0.4, 0.5) is 0 Å². The molecule has 1 heterocycles. The summed E-state index contributed by atoms with van der Waals surface area (Å²) in [6.45, 7) is 3.97. The topological polar surface area (TPSA) is 178 Å². The van der Waals surface area contributed by atoms with Gasteiger partial charge in [-0.1, -0.05) is 142 Å². The third kappa shape index (κ3) is 23.1. The van der Waals surface area contributed by atoms with Crippen molar-refractivity contribution in [3.63, 3.8) is 0 Å². The number of ether oxygens (including phenoxy) is 5. The van der Waals surface area contributed by atoms with Crippen molar-refractivity contribution >= 4 is 17.9 Å². The molecule has 306 valence electrons. The smallest absolute Gasteiger partial charge is 0.306 e. The Morgan fingerprint density at radius 2 is 1.02 bits per heavy atom. The van der Waals surface area contributed by atoms with Gasteiger partial charge in [-0.3, -0.25) is 14.4 Å². The lowest BCUT2D eigenvalue weighted by molar-refractivity contribution is -0.311. The van der Waals surface area contributed by atoms with Gasteiger partial charge >= 0.3 is 17.9 Å². The maximum absolute atomic E-state index is 13.1. The van der Waals surface area contributed by atoms with Gasteiger partial charge in [0.15, 0.2) is 18.5 Å². The molecule has 0 spiro atoms. The molecule has 12 heteroatoms. The lowest BCUT2D eigenvalue weighted by atomic mass is 9.98. The van der Waals surface area contributed by atoms with E-state index in [9.17, 15) is 34.8 Å². The first-order chi connectivity index (χ1) is 25.1. The Bertz CT molecular complexity index is 902. The molecule has 1 aliphatic rings. The van der Waals surface area contributed by atoms with Gasteiger partial charge in [-0.25, -0.2) is 0 Å². The first kappa shape index (κ1) is 48.2. The monoisotopic (exact) mass is 747 g/mol. The maximum Gasteiger partial charge on any atom is 0.306 e. The predicted octanol–water partition coefficient (Wildman–Crippen LogP) is 6.59. The quantitative estimate of drug-likeness (QED) is 0.0322. The predicted molar refractivity (Wildman–Crippen MR) is 198 cm³/mol. The van der Waals surface area contributed by atoms with E-state index >= 15 is 0 Å². The number of hydrogen-bond acceptors (Lipinski definition) is 12. The highest BCUT2D eigenvalue weighted by Gasteiger charge is 2.51. The summed E-state index contributed by atoms with van der Waals surface area (Å²) in [7, 11) is 0. The number of rotatable bonds is 33. The van der Waals surface area contributed by atoms with E-state index in [4.69, 9.17) is 23.7 Å². The van der Waals surface area contributed by atoms with Crippen molar-refractivity contribution < 1.29 is 58.5 Å². The van der Waals surface area contributed by atoms with Crippen molar-refractivity contribution in [2.24, 2.45) is 0 Å². The van der Waals surface area contributed by atoms with E-state index in [-0.39, 0.29) is 12.8 Å². The molecule has 0 aromatic carbocycles. The Labute approximate surface area is 313 Å². The highest BCUT2D eigenvalue weighted by Crippen LogP contribution is 2.29. The van der Waals surface area contributed by atoms with Crippen LogP contribution in [-0.4, -0.2) is 101 Å². The molecule has 52 heavy (non-hydrogen) atoms. The zero-order valence-corrected chi connectivity index (χ0v) is 32.7. The fourth-order valence-electron chi connectivity index (χ4n) is 6.34. The summed E-state index contributed by atoms with van der Waals surface area (Å²) < 4.78 is 28.1. The standard InChI is InChI=1S/C40H74O12/c1-4-6-8-10-12-14-16-18-20-22-24-26-35(45)51-38-37(47)34(30-48-31(3)42)50-40(49-29-33(44)32(43)28-41)39(38)52-36(46)27-25-23-21-19-17-15-13-11-9-7-5-2/h32-34,37-41,43-44,47H,4-30H2,1-3H3/t32-,33+,34+,37+,38-,39-,40+/m0/s1. The molecule has 1 aliphatic heterocycles. The molecule has 0 aromatic heterocycles. The van der Waals surface area contributed by atoms with Crippen molar-refractivity contribution in [1.29, 1.82) is 0 Å². The second-order valence-corrected chi connectivity index (χ2v) is 14.5. The lowest BCUT2D eigenvalue weighted by Gasteiger charge is -2.43. The van der Waals surface area contributed by atoms with Gasteiger partial charge in [0.1, 0.15) is 31.0 Å². The zero-order chi connectivity index (χ0) is 38.4. The van der Waals surface area contributed by atoms with Gasteiger partial charge in [-0.15, -0.1) is 0 Å². The molecule has 0 bridgehead atoms. The van der Waals surface area contributed by atoms with Crippen LogP contribution in [0, 0.1) is 0 Å². The van der Waals surface area contributed by atoms with Crippen LogP contribution in [0.25, 0.3) is 0 Å². The molecule has 0 saturated carbocycles. The molecule has 1 fully saturated rings. The lowest BCUT2D eigenvalue weighted by Crippen LogP contribution is -2.62. The molecule has 0 radical (unpaired) electrons. The van der Waals surface area contributed by atoms with Crippen LogP contribution in [0.3, 0.4) is 0 Å². The minimum Gasteiger partial charge on any atom is -0.463 e. The van der Waals surface area contributed by atoms with Crippen molar-refractivity contribution in [1.82, 2.24) is 0 Å². The second-order valence-electron chi connectivity index (χ2n) is 14.5. The number of carbonyl (C=O) groups excluding carboxylic acids is 3. The van der Waals surface area contributed by atoms with Gasteiger partial charge in [0.05, 0.1) is 13.2 Å². The van der Waals surface area contributed by atoms with Crippen LogP contribution in [0.2, 0.25) is 0 Å². The Hall–Kier alpha value is -1.83. The van der Waals surface area contributed by atoms with Gasteiger partial charge in [0.2, 0.25) is 0 Å². The van der Waals surface area contributed by atoms with Crippen LogP contribution in [0.1, 0.15) is 175 Å². The first-order valence-corrected chi connectivity index (χ1v) is 20.6. The van der Waals surface area contributed by atoms with Crippen LogP contribution < -0.4 is 0 Å². The van der Waals surface area contributed by atoms with Crippen molar-refractivity contribution in [2.45, 2.75) is 218 Å². The molecule has 1 saturated heterocycles. The summed E-state index contributed by atoms with van der Waals surface area (Å²) >= 11 is 0. The highest BCUT2D eigenvalue weighted by molar-refractivity contribution is 5.71. The molecule has 0 aromatic rings. The minimum absolute atomic E-state index is 0.0957. The molecule has 4 N–H and O–H groups in total. The van der Waals surface area contributed by atoms with E-state index in [1.54, 1.807) is 0 Å². The van der Waals surface area contributed by atoms with Crippen LogP contribution in [-0.2, 0) is 38.1 Å². The Balaban J connectivity index is 2.80.